The quantitative estimate of drug-likeness (QED) is 0.430. The van der Waals surface area contributed by atoms with Gasteiger partial charge in [0.15, 0.2) is 0 Å². The first-order chi connectivity index (χ1) is 4.41. The minimum Gasteiger partial charge on any atom is -0.324 e. The molecule has 0 aromatic rings. The molecule has 0 aliphatic carbocycles. The first-order valence-electron chi connectivity index (χ1n) is 4.26. The first-order valence-corrected chi connectivity index (χ1v) is 4.26. The van der Waals surface area contributed by atoms with Crippen molar-refractivity contribution in [3.05, 3.63) is 0 Å². The van der Waals surface area contributed by atoms with Crippen LogP contribution in [0.15, 0.2) is 0 Å². The lowest BCUT2D eigenvalue weighted by Crippen LogP contribution is -2.41. The van der Waals surface area contributed by atoms with E-state index in [9.17, 15) is 0 Å². The van der Waals surface area contributed by atoms with Gasteiger partial charge in [0, 0.05) is 25.7 Å². The van der Waals surface area contributed by atoms with Gasteiger partial charge in [0.2, 0.25) is 0 Å². The molecule has 9 heavy (non-hydrogen) atoms. The SMILES string of the molecule is C1CC[N+]2(C1)CCCC2. The standard InChI is InChI=1S/C8H16N/c1-2-6-9(5-1)7-3-4-8-9/h1-8H2/q+1. The molecule has 0 amide bonds. The minimum atomic E-state index is 1.50. The van der Waals surface area contributed by atoms with Gasteiger partial charge in [-0.1, -0.05) is 0 Å². The van der Waals surface area contributed by atoms with Crippen molar-refractivity contribution in [3.63, 3.8) is 0 Å². The van der Waals surface area contributed by atoms with E-state index < -0.39 is 0 Å². The third-order valence-corrected chi connectivity index (χ3v) is 3.03. The van der Waals surface area contributed by atoms with Crippen LogP contribution < -0.4 is 0 Å². The number of quaternary nitrogens is 1. The van der Waals surface area contributed by atoms with Crippen LogP contribution in [0.3, 0.4) is 0 Å². The van der Waals surface area contributed by atoms with Crippen molar-refractivity contribution in [2.75, 3.05) is 26.2 Å². The predicted molar refractivity (Wildman–Crippen MR) is 38.2 cm³/mol. The van der Waals surface area contributed by atoms with E-state index >= 15 is 0 Å². The maximum atomic E-state index is 1.50. The molecule has 2 saturated heterocycles. The summed E-state index contributed by atoms with van der Waals surface area (Å²) in [7, 11) is 0. The molecule has 0 bridgehead atoms. The molecule has 0 unspecified atom stereocenters. The first kappa shape index (κ1) is 5.72. The average molecular weight is 126 g/mol. The molecule has 2 fully saturated rings. The van der Waals surface area contributed by atoms with E-state index in [1.165, 1.54) is 56.3 Å². The Morgan fingerprint density at radius 2 is 0.889 bits per heavy atom. The second kappa shape index (κ2) is 1.98. The molecule has 0 radical (unpaired) electrons. The molecule has 0 aromatic carbocycles. The third kappa shape index (κ3) is 0.877. The summed E-state index contributed by atoms with van der Waals surface area (Å²) in [6.45, 7) is 6.00. The number of hydrogen-bond acceptors (Lipinski definition) is 0. The van der Waals surface area contributed by atoms with Crippen LogP contribution in [-0.4, -0.2) is 30.7 Å². The second-order valence-corrected chi connectivity index (χ2v) is 3.65. The van der Waals surface area contributed by atoms with Crippen molar-refractivity contribution in [1.82, 2.24) is 0 Å². The van der Waals surface area contributed by atoms with Crippen LogP contribution in [0.4, 0.5) is 0 Å². The molecule has 1 heteroatoms. The highest BCUT2D eigenvalue weighted by Crippen LogP contribution is 2.25. The predicted octanol–water partition coefficient (Wildman–Crippen LogP) is 1.39. The zero-order valence-electron chi connectivity index (χ0n) is 6.10. The molecule has 52 valence electrons. The van der Waals surface area contributed by atoms with Gasteiger partial charge in [-0.15, -0.1) is 0 Å². The minimum absolute atomic E-state index is 1.50. The summed E-state index contributed by atoms with van der Waals surface area (Å²) in [6.07, 6.45) is 6.00. The zero-order chi connectivity index (χ0) is 6.16. The van der Waals surface area contributed by atoms with E-state index in [0.29, 0.717) is 0 Å². The molecule has 0 atom stereocenters. The molecular weight excluding hydrogens is 110 g/mol. The fourth-order valence-electron chi connectivity index (χ4n) is 2.46. The smallest absolute Gasteiger partial charge is 0.0788 e. The highest BCUT2D eigenvalue weighted by atomic mass is 15.4. The lowest BCUT2D eigenvalue weighted by Gasteiger charge is -2.27. The molecular formula is C8H16N+. The van der Waals surface area contributed by atoms with Gasteiger partial charge in [-0.25, -0.2) is 0 Å². The molecule has 0 saturated carbocycles. The Morgan fingerprint density at radius 3 is 1.22 bits per heavy atom. The van der Waals surface area contributed by atoms with Crippen molar-refractivity contribution in [3.8, 4) is 0 Å². The Balaban J connectivity index is 2.04. The number of hydrogen-bond donors (Lipinski definition) is 0. The molecule has 1 spiro atoms. The molecule has 0 aromatic heterocycles. The summed E-state index contributed by atoms with van der Waals surface area (Å²) in [6, 6.07) is 0. The van der Waals surface area contributed by atoms with Gasteiger partial charge in [0.25, 0.3) is 0 Å². The Hall–Kier alpha value is -0.0400. The molecule has 2 heterocycles. The van der Waals surface area contributed by atoms with Crippen LogP contribution >= 0.6 is 0 Å². The lowest BCUT2D eigenvalue weighted by molar-refractivity contribution is -0.904. The number of nitrogens with zero attached hydrogens (tertiary/aromatic N) is 1. The summed E-state index contributed by atoms with van der Waals surface area (Å²) in [5, 5.41) is 0. The topological polar surface area (TPSA) is 0 Å². The van der Waals surface area contributed by atoms with Gasteiger partial charge < -0.3 is 4.48 Å². The maximum absolute atomic E-state index is 1.50. The van der Waals surface area contributed by atoms with E-state index in [2.05, 4.69) is 0 Å². The van der Waals surface area contributed by atoms with Gasteiger partial charge in [-0.2, -0.15) is 0 Å². The van der Waals surface area contributed by atoms with Crippen LogP contribution in [-0.2, 0) is 0 Å². The molecule has 2 rings (SSSR count). The Kier molecular flexibility index (Phi) is 1.26. The lowest BCUT2D eigenvalue weighted by atomic mass is 10.4. The highest BCUT2D eigenvalue weighted by molar-refractivity contribution is 4.60. The number of rotatable bonds is 0. The van der Waals surface area contributed by atoms with E-state index in [1.54, 1.807) is 0 Å². The van der Waals surface area contributed by atoms with Gasteiger partial charge >= 0.3 is 0 Å². The summed E-state index contributed by atoms with van der Waals surface area (Å²) < 4.78 is 1.50. The van der Waals surface area contributed by atoms with E-state index in [-0.39, 0.29) is 0 Å². The van der Waals surface area contributed by atoms with Crippen LogP contribution in [0.5, 0.6) is 0 Å². The maximum Gasteiger partial charge on any atom is 0.0788 e. The van der Waals surface area contributed by atoms with Crippen molar-refractivity contribution >= 4 is 0 Å². The van der Waals surface area contributed by atoms with Crippen molar-refractivity contribution in [1.29, 1.82) is 0 Å². The van der Waals surface area contributed by atoms with Gasteiger partial charge in [-0.3, -0.25) is 0 Å². The molecule has 2 aliphatic rings. The zero-order valence-corrected chi connectivity index (χ0v) is 6.10. The van der Waals surface area contributed by atoms with Gasteiger partial charge in [-0.05, 0) is 0 Å². The third-order valence-electron chi connectivity index (χ3n) is 3.03. The molecule has 0 N–H and O–H groups in total. The fraction of sp³-hybridized carbons (Fsp3) is 1.00. The average Bonchev–Trinajstić information content (AvgIpc) is 2.45. The van der Waals surface area contributed by atoms with Gasteiger partial charge in [0.1, 0.15) is 0 Å². The summed E-state index contributed by atoms with van der Waals surface area (Å²) in [5.41, 5.74) is 0. The van der Waals surface area contributed by atoms with Crippen molar-refractivity contribution in [2.24, 2.45) is 0 Å². The summed E-state index contributed by atoms with van der Waals surface area (Å²) in [4.78, 5) is 0. The summed E-state index contributed by atoms with van der Waals surface area (Å²) >= 11 is 0. The van der Waals surface area contributed by atoms with E-state index in [0.717, 1.165) is 0 Å². The Bertz CT molecular complexity index is 79.6. The normalized spacial score (nSPS) is 32.0. The molecule has 1 nitrogen and oxygen atoms in total. The second-order valence-electron chi connectivity index (χ2n) is 3.65. The van der Waals surface area contributed by atoms with Crippen LogP contribution in [0, 0.1) is 0 Å². The van der Waals surface area contributed by atoms with Crippen molar-refractivity contribution in [2.45, 2.75) is 25.7 Å². The Labute approximate surface area is 57.3 Å². The fourth-order valence-corrected chi connectivity index (χ4v) is 2.46. The van der Waals surface area contributed by atoms with Crippen LogP contribution in [0.25, 0.3) is 0 Å². The van der Waals surface area contributed by atoms with Crippen LogP contribution in [0.1, 0.15) is 25.7 Å². The Morgan fingerprint density at radius 1 is 0.556 bits per heavy atom. The monoisotopic (exact) mass is 126 g/mol. The largest absolute Gasteiger partial charge is 0.324 e. The van der Waals surface area contributed by atoms with Gasteiger partial charge in [0.05, 0.1) is 26.2 Å². The highest BCUT2D eigenvalue weighted by Gasteiger charge is 2.34. The van der Waals surface area contributed by atoms with Crippen LogP contribution in [0.2, 0.25) is 0 Å². The summed E-state index contributed by atoms with van der Waals surface area (Å²) in [5.74, 6) is 0. The molecule has 2 aliphatic heterocycles. The van der Waals surface area contributed by atoms with Crippen molar-refractivity contribution < 1.29 is 4.48 Å². The van der Waals surface area contributed by atoms with E-state index in [1.807, 2.05) is 0 Å². The van der Waals surface area contributed by atoms with E-state index in [4.69, 9.17) is 0 Å².